The van der Waals surface area contributed by atoms with Gasteiger partial charge in [0, 0.05) is 17.5 Å². The number of carbonyl (C=O) groups is 1. The van der Waals surface area contributed by atoms with Crippen molar-refractivity contribution in [2.45, 2.75) is 37.6 Å². The standard InChI is InChI=1S/C17H18O9/c1-7-5-11(18)25-10-6-8(3-4-9(7)10)24-17-14(21)12(19)13(20)15(26-17)16(22)23-2/h3-6,12-15,17,19-21H,1-2H3. The molecule has 3 rings (SSSR count). The summed E-state index contributed by atoms with van der Waals surface area (Å²) < 4.78 is 20.4. The number of hydrogen-bond acceptors (Lipinski definition) is 9. The molecule has 0 radical (unpaired) electrons. The van der Waals surface area contributed by atoms with Crippen LogP contribution in [0.2, 0.25) is 0 Å². The van der Waals surface area contributed by atoms with Crippen molar-refractivity contribution in [2.24, 2.45) is 0 Å². The summed E-state index contributed by atoms with van der Waals surface area (Å²) in [7, 11) is 1.10. The third-order valence-electron chi connectivity index (χ3n) is 4.18. The maximum absolute atomic E-state index is 11.7. The Bertz CT molecular complexity index is 874. The smallest absolute Gasteiger partial charge is 0.337 e. The van der Waals surface area contributed by atoms with E-state index in [2.05, 4.69) is 4.74 Å². The molecule has 1 aliphatic heterocycles. The van der Waals surface area contributed by atoms with Crippen LogP contribution in [0.5, 0.6) is 5.75 Å². The van der Waals surface area contributed by atoms with E-state index in [1.165, 1.54) is 12.1 Å². The molecule has 0 amide bonds. The van der Waals surface area contributed by atoms with Gasteiger partial charge in [-0.3, -0.25) is 0 Å². The summed E-state index contributed by atoms with van der Waals surface area (Å²) >= 11 is 0. The number of carbonyl (C=O) groups excluding carboxylic acids is 1. The van der Waals surface area contributed by atoms with Crippen LogP contribution in [0.1, 0.15) is 5.56 Å². The number of aliphatic hydroxyl groups excluding tert-OH is 3. The van der Waals surface area contributed by atoms with Crippen molar-refractivity contribution in [1.82, 2.24) is 0 Å². The summed E-state index contributed by atoms with van der Waals surface area (Å²) in [5.41, 5.74) is 0.467. The largest absolute Gasteiger partial charge is 0.467 e. The van der Waals surface area contributed by atoms with Crippen molar-refractivity contribution in [2.75, 3.05) is 7.11 Å². The van der Waals surface area contributed by atoms with Crippen molar-refractivity contribution in [3.8, 4) is 5.75 Å². The molecule has 5 unspecified atom stereocenters. The number of ether oxygens (including phenoxy) is 3. The van der Waals surface area contributed by atoms with Gasteiger partial charge in [0.2, 0.25) is 6.29 Å². The predicted molar refractivity (Wildman–Crippen MR) is 86.5 cm³/mol. The third kappa shape index (κ3) is 3.29. The molecule has 1 aromatic heterocycles. The highest BCUT2D eigenvalue weighted by molar-refractivity contribution is 5.81. The van der Waals surface area contributed by atoms with Gasteiger partial charge in [0.1, 0.15) is 29.6 Å². The van der Waals surface area contributed by atoms with Gasteiger partial charge in [-0.15, -0.1) is 0 Å². The molecule has 5 atom stereocenters. The first-order valence-electron chi connectivity index (χ1n) is 7.80. The fraction of sp³-hybridized carbons (Fsp3) is 0.412. The molecule has 0 aliphatic carbocycles. The molecule has 9 heteroatoms. The molecule has 2 aromatic rings. The lowest BCUT2D eigenvalue weighted by molar-refractivity contribution is -0.271. The fourth-order valence-electron chi connectivity index (χ4n) is 2.77. The number of rotatable bonds is 3. The second-order valence-electron chi connectivity index (χ2n) is 5.94. The molecule has 1 fully saturated rings. The summed E-state index contributed by atoms with van der Waals surface area (Å²) in [5, 5.41) is 30.5. The van der Waals surface area contributed by atoms with Gasteiger partial charge in [-0.05, 0) is 24.6 Å². The van der Waals surface area contributed by atoms with E-state index in [4.69, 9.17) is 13.9 Å². The fourth-order valence-corrected chi connectivity index (χ4v) is 2.77. The zero-order valence-corrected chi connectivity index (χ0v) is 14.0. The second-order valence-corrected chi connectivity index (χ2v) is 5.94. The van der Waals surface area contributed by atoms with Crippen molar-refractivity contribution in [1.29, 1.82) is 0 Å². The second kappa shape index (κ2) is 7.04. The van der Waals surface area contributed by atoms with Gasteiger partial charge in [0.25, 0.3) is 0 Å². The first kappa shape index (κ1) is 18.3. The molecular weight excluding hydrogens is 348 g/mol. The highest BCUT2D eigenvalue weighted by atomic mass is 16.7. The highest BCUT2D eigenvalue weighted by Crippen LogP contribution is 2.27. The van der Waals surface area contributed by atoms with E-state index in [1.807, 2.05) is 0 Å². The normalized spacial score (nSPS) is 28.7. The van der Waals surface area contributed by atoms with Crippen molar-refractivity contribution >= 4 is 16.9 Å². The van der Waals surface area contributed by atoms with E-state index >= 15 is 0 Å². The number of hydrogen-bond donors (Lipinski definition) is 3. The van der Waals surface area contributed by atoms with Gasteiger partial charge in [0.05, 0.1) is 7.11 Å². The molecule has 9 nitrogen and oxygen atoms in total. The van der Waals surface area contributed by atoms with Gasteiger partial charge in [-0.1, -0.05) is 0 Å². The quantitative estimate of drug-likeness (QED) is 0.483. The van der Waals surface area contributed by atoms with Crippen LogP contribution in [-0.2, 0) is 14.3 Å². The molecule has 1 saturated heterocycles. The topological polar surface area (TPSA) is 136 Å². The summed E-state index contributed by atoms with van der Waals surface area (Å²) in [6.45, 7) is 1.76. The lowest BCUT2D eigenvalue weighted by Crippen LogP contribution is -2.61. The molecular formula is C17H18O9. The van der Waals surface area contributed by atoms with Crippen LogP contribution in [0.15, 0.2) is 33.5 Å². The Hall–Kier alpha value is -2.46. The average molecular weight is 366 g/mol. The van der Waals surface area contributed by atoms with Crippen LogP contribution in [0.4, 0.5) is 0 Å². The number of aryl methyl sites for hydroxylation is 1. The SMILES string of the molecule is COC(=O)C1OC(Oc2ccc3c(C)cc(=O)oc3c2)C(O)C(O)C1O. The zero-order chi connectivity index (χ0) is 19.0. The monoisotopic (exact) mass is 366 g/mol. The minimum Gasteiger partial charge on any atom is -0.467 e. The van der Waals surface area contributed by atoms with Crippen molar-refractivity contribution in [3.63, 3.8) is 0 Å². The van der Waals surface area contributed by atoms with E-state index in [0.717, 1.165) is 12.7 Å². The number of methoxy groups -OCH3 is 1. The lowest BCUT2D eigenvalue weighted by atomic mass is 9.99. The van der Waals surface area contributed by atoms with Crippen LogP contribution in [0, 0.1) is 6.92 Å². The molecule has 140 valence electrons. The van der Waals surface area contributed by atoms with Crippen LogP contribution in [0.3, 0.4) is 0 Å². The minimum absolute atomic E-state index is 0.169. The average Bonchev–Trinajstić information content (AvgIpc) is 2.61. The Kier molecular flexibility index (Phi) is 4.97. The molecule has 1 aromatic carbocycles. The van der Waals surface area contributed by atoms with Crippen LogP contribution >= 0.6 is 0 Å². The Labute approximate surface area is 147 Å². The molecule has 3 N–H and O–H groups in total. The maximum Gasteiger partial charge on any atom is 0.337 e. The number of esters is 1. The Morgan fingerprint density at radius 3 is 2.54 bits per heavy atom. The zero-order valence-electron chi connectivity index (χ0n) is 14.0. The van der Waals surface area contributed by atoms with Crippen LogP contribution < -0.4 is 10.4 Å². The first-order chi connectivity index (χ1) is 12.3. The van der Waals surface area contributed by atoms with Gasteiger partial charge < -0.3 is 33.9 Å². The Morgan fingerprint density at radius 2 is 1.85 bits per heavy atom. The Balaban J connectivity index is 1.88. The molecule has 2 heterocycles. The summed E-state index contributed by atoms with van der Waals surface area (Å²) in [4.78, 5) is 23.2. The molecule has 1 aliphatic rings. The van der Waals surface area contributed by atoms with Gasteiger partial charge in [-0.2, -0.15) is 0 Å². The minimum atomic E-state index is -1.68. The molecule has 0 bridgehead atoms. The van der Waals surface area contributed by atoms with Crippen LogP contribution in [0.25, 0.3) is 11.0 Å². The predicted octanol–water partition coefficient (Wildman–Crippen LogP) is -0.539. The molecule has 0 saturated carbocycles. The van der Waals surface area contributed by atoms with E-state index in [0.29, 0.717) is 5.39 Å². The highest BCUT2D eigenvalue weighted by Gasteiger charge is 2.48. The van der Waals surface area contributed by atoms with Gasteiger partial charge in [0.15, 0.2) is 6.10 Å². The third-order valence-corrected chi connectivity index (χ3v) is 4.18. The summed E-state index contributed by atoms with van der Waals surface area (Å²) in [6.07, 6.45) is -7.95. The maximum atomic E-state index is 11.7. The lowest BCUT2D eigenvalue weighted by Gasteiger charge is -2.38. The number of fused-ring (bicyclic) bond motifs is 1. The van der Waals surface area contributed by atoms with Crippen LogP contribution in [-0.4, -0.2) is 59.1 Å². The van der Waals surface area contributed by atoms with E-state index < -0.39 is 42.3 Å². The number of aliphatic hydroxyl groups is 3. The van der Waals surface area contributed by atoms with E-state index in [9.17, 15) is 24.9 Å². The van der Waals surface area contributed by atoms with Gasteiger partial charge in [-0.25, -0.2) is 9.59 Å². The Morgan fingerprint density at radius 1 is 1.12 bits per heavy atom. The first-order valence-corrected chi connectivity index (χ1v) is 7.80. The van der Waals surface area contributed by atoms with Crippen molar-refractivity contribution < 1.29 is 38.7 Å². The van der Waals surface area contributed by atoms with Crippen molar-refractivity contribution in [3.05, 3.63) is 40.2 Å². The number of benzene rings is 1. The molecule has 26 heavy (non-hydrogen) atoms. The molecule has 0 spiro atoms. The van der Waals surface area contributed by atoms with E-state index in [1.54, 1.807) is 19.1 Å². The summed E-state index contributed by atoms with van der Waals surface area (Å²) in [6, 6.07) is 5.98. The van der Waals surface area contributed by atoms with E-state index in [-0.39, 0.29) is 11.3 Å². The van der Waals surface area contributed by atoms with Gasteiger partial charge >= 0.3 is 11.6 Å². The summed E-state index contributed by atoms with van der Waals surface area (Å²) in [5.74, 6) is -0.750.